The Morgan fingerprint density at radius 2 is 1.95 bits per heavy atom. The zero-order chi connectivity index (χ0) is 15.9. The molecule has 0 radical (unpaired) electrons. The molecule has 116 valence electrons. The third-order valence-electron chi connectivity index (χ3n) is 3.17. The van der Waals surface area contributed by atoms with Gasteiger partial charge < -0.3 is 15.2 Å². The van der Waals surface area contributed by atoms with Crippen molar-refractivity contribution in [1.29, 1.82) is 0 Å². The molecule has 0 bridgehead atoms. The van der Waals surface area contributed by atoms with Gasteiger partial charge in [0.25, 0.3) is 0 Å². The van der Waals surface area contributed by atoms with E-state index in [1.165, 1.54) is 0 Å². The number of carbonyl (C=O) groups is 1. The van der Waals surface area contributed by atoms with Crippen molar-refractivity contribution in [2.45, 2.75) is 20.0 Å². The summed E-state index contributed by atoms with van der Waals surface area (Å²) in [5, 5.41) is 12.6. The summed E-state index contributed by atoms with van der Waals surface area (Å²) in [5.74, 6) is 0.544. The van der Waals surface area contributed by atoms with E-state index in [9.17, 15) is 4.79 Å². The first kappa shape index (κ1) is 16.3. The summed E-state index contributed by atoms with van der Waals surface area (Å²) in [5.41, 5.74) is 2.42. The molecule has 0 heterocycles. The molecule has 2 N–H and O–H groups in total. The van der Waals surface area contributed by atoms with Gasteiger partial charge in [0, 0.05) is 10.7 Å². The molecule has 2 rings (SSSR count). The van der Waals surface area contributed by atoms with Crippen LogP contribution in [0.25, 0.3) is 0 Å². The number of aryl methyl sites for hydroxylation is 1. The molecule has 0 spiro atoms. The minimum Gasteiger partial charge on any atom is -0.493 e. The number of aliphatic hydroxyl groups is 1. The Morgan fingerprint density at radius 3 is 2.64 bits per heavy atom. The molecule has 2 aromatic rings. The molecule has 22 heavy (non-hydrogen) atoms. The lowest BCUT2D eigenvalue weighted by Gasteiger charge is -2.10. The Morgan fingerprint density at radius 1 is 1.23 bits per heavy atom. The molecule has 0 fully saturated rings. The van der Waals surface area contributed by atoms with Crippen molar-refractivity contribution >= 4 is 23.2 Å². The summed E-state index contributed by atoms with van der Waals surface area (Å²) < 4.78 is 5.49. The van der Waals surface area contributed by atoms with Crippen LogP contribution in [0.4, 0.5) is 5.69 Å². The van der Waals surface area contributed by atoms with E-state index in [2.05, 4.69) is 5.32 Å². The van der Waals surface area contributed by atoms with Gasteiger partial charge in [0.1, 0.15) is 5.75 Å². The summed E-state index contributed by atoms with van der Waals surface area (Å²) >= 11 is 5.79. The van der Waals surface area contributed by atoms with Gasteiger partial charge in [0.2, 0.25) is 5.91 Å². The summed E-state index contributed by atoms with van der Waals surface area (Å²) in [6.07, 6.45) is 0.241. The average molecular weight is 320 g/mol. The molecule has 2 aromatic carbocycles. The largest absolute Gasteiger partial charge is 0.493 e. The van der Waals surface area contributed by atoms with Crippen molar-refractivity contribution in [3.63, 3.8) is 0 Å². The Bertz CT molecular complexity index is 641. The lowest BCUT2D eigenvalue weighted by atomic mass is 10.1. The molecular weight excluding hydrogens is 302 g/mol. The number of rotatable bonds is 6. The number of nitrogens with one attached hydrogen (secondary N) is 1. The van der Waals surface area contributed by atoms with Gasteiger partial charge in [-0.3, -0.25) is 4.79 Å². The Hall–Kier alpha value is -2.04. The first-order chi connectivity index (χ1) is 10.6. The Labute approximate surface area is 134 Å². The molecule has 5 heteroatoms. The summed E-state index contributed by atoms with van der Waals surface area (Å²) in [7, 11) is 0. The smallest absolute Gasteiger partial charge is 0.227 e. The van der Waals surface area contributed by atoms with E-state index >= 15 is 0 Å². The van der Waals surface area contributed by atoms with E-state index in [0.29, 0.717) is 16.5 Å². The summed E-state index contributed by atoms with van der Waals surface area (Å²) in [6.45, 7) is 2.13. The molecule has 0 saturated heterocycles. The fraction of sp³-hybridized carbons (Fsp3) is 0.235. The van der Waals surface area contributed by atoms with Gasteiger partial charge in [-0.2, -0.15) is 0 Å². The third kappa shape index (κ3) is 4.76. The lowest BCUT2D eigenvalue weighted by molar-refractivity contribution is -0.116. The van der Waals surface area contributed by atoms with Gasteiger partial charge in [0.05, 0.1) is 19.6 Å². The third-order valence-corrected chi connectivity index (χ3v) is 3.42. The van der Waals surface area contributed by atoms with Crippen molar-refractivity contribution in [2.75, 3.05) is 11.9 Å². The van der Waals surface area contributed by atoms with Crippen LogP contribution < -0.4 is 10.1 Å². The lowest BCUT2D eigenvalue weighted by Crippen LogP contribution is -2.16. The molecule has 0 atom stereocenters. The van der Waals surface area contributed by atoms with Gasteiger partial charge in [-0.05, 0) is 48.4 Å². The maximum Gasteiger partial charge on any atom is 0.227 e. The number of amides is 1. The molecular formula is C17H18ClNO3. The van der Waals surface area contributed by atoms with Gasteiger partial charge in [-0.15, -0.1) is 0 Å². The predicted molar refractivity (Wildman–Crippen MR) is 87.3 cm³/mol. The fourth-order valence-electron chi connectivity index (χ4n) is 1.91. The fourth-order valence-corrected chi connectivity index (χ4v) is 2.03. The molecule has 0 aliphatic carbocycles. The molecule has 0 aliphatic heterocycles. The quantitative estimate of drug-likeness (QED) is 0.856. The molecule has 0 saturated carbocycles. The van der Waals surface area contributed by atoms with E-state index in [1.807, 2.05) is 19.1 Å². The number of aliphatic hydroxyl groups excluding tert-OH is 1. The van der Waals surface area contributed by atoms with Crippen molar-refractivity contribution in [2.24, 2.45) is 0 Å². The Kier molecular flexibility index (Phi) is 5.81. The average Bonchev–Trinajstić information content (AvgIpc) is 2.51. The van der Waals surface area contributed by atoms with Gasteiger partial charge in [0.15, 0.2) is 0 Å². The zero-order valence-corrected chi connectivity index (χ0v) is 13.1. The van der Waals surface area contributed by atoms with Gasteiger partial charge in [-0.1, -0.05) is 23.7 Å². The number of halogens is 1. The van der Waals surface area contributed by atoms with Crippen LogP contribution in [0.3, 0.4) is 0 Å². The standard InChI is InChI=1S/C17H18ClNO3/c1-12-2-3-13(11-20)10-16(12)19-17(21)8-9-22-15-6-4-14(18)5-7-15/h2-7,10,20H,8-9,11H2,1H3,(H,19,21). The van der Waals surface area contributed by atoms with Crippen LogP contribution in [0.5, 0.6) is 5.75 Å². The topological polar surface area (TPSA) is 58.6 Å². The van der Waals surface area contributed by atoms with Gasteiger partial charge >= 0.3 is 0 Å². The SMILES string of the molecule is Cc1ccc(CO)cc1NC(=O)CCOc1ccc(Cl)cc1. The highest BCUT2D eigenvalue weighted by atomic mass is 35.5. The zero-order valence-electron chi connectivity index (χ0n) is 12.3. The van der Waals surface area contributed by atoms with Crippen LogP contribution in [0.2, 0.25) is 5.02 Å². The van der Waals surface area contributed by atoms with Crippen molar-refractivity contribution < 1.29 is 14.6 Å². The first-order valence-electron chi connectivity index (χ1n) is 6.97. The van der Waals surface area contributed by atoms with Crippen molar-refractivity contribution in [3.8, 4) is 5.75 Å². The van der Waals surface area contributed by atoms with E-state index in [4.69, 9.17) is 21.4 Å². The maximum atomic E-state index is 11.9. The number of hydrogen-bond donors (Lipinski definition) is 2. The minimum absolute atomic E-state index is 0.0527. The van der Waals surface area contributed by atoms with Crippen LogP contribution in [-0.2, 0) is 11.4 Å². The second-order valence-corrected chi connectivity index (χ2v) is 5.34. The van der Waals surface area contributed by atoms with Crippen LogP contribution in [0.15, 0.2) is 42.5 Å². The highest BCUT2D eigenvalue weighted by molar-refractivity contribution is 6.30. The predicted octanol–water partition coefficient (Wildman–Crippen LogP) is 3.55. The minimum atomic E-state index is -0.132. The van der Waals surface area contributed by atoms with E-state index in [1.54, 1.807) is 30.3 Å². The highest BCUT2D eigenvalue weighted by Gasteiger charge is 2.06. The number of benzene rings is 2. The second-order valence-electron chi connectivity index (χ2n) is 4.91. The van der Waals surface area contributed by atoms with Crippen molar-refractivity contribution in [1.82, 2.24) is 0 Å². The molecule has 0 aromatic heterocycles. The van der Waals surface area contributed by atoms with Crippen LogP contribution in [0, 0.1) is 6.92 Å². The van der Waals surface area contributed by atoms with Crippen LogP contribution >= 0.6 is 11.6 Å². The first-order valence-corrected chi connectivity index (χ1v) is 7.35. The molecule has 0 unspecified atom stereocenters. The monoisotopic (exact) mass is 319 g/mol. The van der Waals surface area contributed by atoms with Crippen LogP contribution in [0.1, 0.15) is 17.5 Å². The molecule has 4 nitrogen and oxygen atoms in total. The summed E-state index contributed by atoms with van der Waals surface area (Å²) in [4.78, 5) is 11.9. The number of carbonyl (C=O) groups excluding carboxylic acids is 1. The highest BCUT2D eigenvalue weighted by Crippen LogP contribution is 2.18. The van der Waals surface area contributed by atoms with E-state index in [0.717, 1.165) is 11.1 Å². The van der Waals surface area contributed by atoms with Gasteiger partial charge in [-0.25, -0.2) is 0 Å². The van der Waals surface area contributed by atoms with E-state index in [-0.39, 0.29) is 25.5 Å². The van der Waals surface area contributed by atoms with Crippen LogP contribution in [-0.4, -0.2) is 17.6 Å². The normalized spacial score (nSPS) is 10.3. The second kappa shape index (κ2) is 7.82. The number of ether oxygens (including phenoxy) is 1. The number of hydrogen-bond acceptors (Lipinski definition) is 3. The van der Waals surface area contributed by atoms with Crippen molar-refractivity contribution in [3.05, 3.63) is 58.6 Å². The van der Waals surface area contributed by atoms with E-state index < -0.39 is 0 Å². The molecule has 1 amide bonds. The molecule has 0 aliphatic rings. The summed E-state index contributed by atoms with van der Waals surface area (Å²) in [6, 6.07) is 12.5. The maximum absolute atomic E-state index is 11.9. The number of anilines is 1. The Balaban J connectivity index is 1.84.